The van der Waals surface area contributed by atoms with Gasteiger partial charge in [-0.15, -0.1) is 23.5 Å². The summed E-state index contributed by atoms with van der Waals surface area (Å²) in [4.78, 5) is 3.01. The van der Waals surface area contributed by atoms with E-state index in [1.54, 1.807) is 0 Å². The lowest BCUT2D eigenvalue weighted by molar-refractivity contribution is 0.665. The van der Waals surface area contributed by atoms with E-state index < -0.39 is 0 Å². The second-order valence-electron chi connectivity index (χ2n) is 2.92. The predicted octanol–water partition coefficient (Wildman–Crippen LogP) is 2.74. The van der Waals surface area contributed by atoms with Crippen molar-refractivity contribution in [2.45, 2.75) is 17.5 Å². The highest BCUT2D eigenvalue weighted by Gasteiger charge is 2.15. The molecule has 0 radical (unpaired) electrons. The first-order valence-electron chi connectivity index (χ1n) is 4.33. The third-order valence-corrected chi connectivity index (χ3v) is 5.54. The number of aromatic nitrogens is 2. The van der Waals surface area contributed by atoms with Crippen LogP contribution in [0.4, 0.5) is 0 Å². The standard InChI is InChI=1S/C8H12N2S3/c11-8-9-2-4-10(8)3-1-7-12-5-6-13-7/h2,4,7H,1,3,5-6H2,(H,9,11). The van der Waals surface area contributed by atoms with Crippen LogP contribution in [0.5, 0.6) is 0 Å². The molecule has 0 atom stereocenters. The average molecular weight is 232 g/mol. The van der Waals surface area contributed by atoms with Crippen molar-refractivity contribution < 1.29 is 0 Å². The quantitative estimate of drug-likeness (QED) is 0.810. The van der Waals surface area contributed by atoms with Gasteiger partial charge in [0, 0.05) is 30.4 Å². The lowest BCUT2D eigenvalue weighted by Crippen LogP contribution is -2.02. The summed E-state index contributed by atoms with van der Waals surface area (Å²) in [6.07, 6.45) is 5.14. The molecule has 72 valence electrons. The molecule has 0 unspecified atom stereocenters. The van der Waals surface area contributed by atoms with Gasteiger partial charge in [-0.25, -0.2) is 0 Å². The Morgan fingerprint density at radius 3 is 2.92 bits per heavy atom. The maximum absolute atomic E-state index is 5.12. The van der Waals surface area contributed by atoms with Crippen molar-refractivity contribution in [1.82, 2.24) is 9.55 Å². The third kappa shape index (κ3) is 2.54. The van der Waals surface area contributed by atoms with Crippen molar-refractivity contribution in [3.63, 3.8) is 0 Å². The molecule has 0 saturated carbocycles. The van der Waals surface area contributed by atoms with Gasteiger partial charge in [0.1, 0.15) is 0 Å². The molecule has 0 aliphatic carbocycles. The highest BCUT2D eigenvalue weighted by Crippen LogP contribution is 2.34. The van der Waals surface area contributed by atoms with E-state index in [-0.39, 0.29) is 0 Å². The third-order valence-electron chi connectivity index (χ3n) is 2.02. The molecule has 0 aromatic carbocycles. The van der Waals surface area contributed by atoms with Crippen molar-refractivity contribution in [3.8, 4) is 0 Å². The number of aromatic amines is 1. The molecule has 2 rings (SSSR count). The summed E-state index contributed by atoms with van der Waals surface area (Å²) in [6.45, 7) is 1.05. The van der Waals surface area contributed by atoms with E-state index in [2.05, 4.69) is 33.1 Å². The minimum Gasteiger partial charge on any atom is -0.337 e. The Bertz CT molecular complexity index is 311. The van der Waals surface area contributed by atoms with Gasteiger partial charge >= 0.3 is 0 Å². The van der Waals surface area contributed by atoms with Crippen LogP contribution in [0.1, 0.15) is 6.42 Å². The smallest absolute Gasteiger partial charge is 0.177 e. The maximum atomic E-state index is 5.12. The molecule has 1 saturated heterocycles. The van der Waals surface area contributed by atoms with Crippen LogP contribution in [-0.2, 0) is 6.54 Å². The van der Waals surface area contributed by atoms with Crippen LogP contribution in [0.25, 0.3) is 0 Å². The Balaban J connectivity index is 1.85. The first-order valence-corrected chi connectivity index (χ1v) is 6.84. The summed E-state index contributed by atoms with van der Waals surface area (Å²) in [6, 6.07) is 0. The monoisotopic (exact) mass is 232 g/mol. The van der Waals surface area contributed by atoms with E-state index >= 15 is 0 Å². The van der Waals surface area contributed by atoms with E-state index in [1.807, 2.05) is 12.4 Å². The van der Waals surface area contributed by atoms with Gasteiger partial charge in [0.05, 0.1) is 4.58 Å². The van der Waals surface area contributed by atoms with Gasteiger partial charge in [0.25, 0.3) is 0 Å². The number of rotatable bonds is 3. The molecule has 13 heavy (non-hydrogen) atoms. The molecule has 1 aliphatic rings. The van der Waals surface area contributed by atoms with Gasteiger partial charge in [-0.2, -0.15) is 0 Å². The van der Waals surface area contributed by atoms with Gasteiger partial charge in [-0.05, 0) is 18.6 Å². The van der Waals surface area contributed by atoms with Gasteiger partial charge in [-0.1, -0.05) is 0 Å². The van der Waals surface area contributed by atoms with Crippen molar-refractivity contribution in [1.29, 1.82) is 0 Å². The van der Waals surface area contributed by atoms with Gasteiger partial charge in [0.15, 0.2) is 4.77 Å². The zero-order valence-electron chi connectivity index (χ0n) is 7.23. The first kappa shape index (κ1) is 9.68. The van der Waals surface area contributed by atoms with E-state index in [0.717, 1.165) is 15.9 Å². The second-order valence-corrected chi connectivity index (χ2v) is 6.22. The lowest BCUT2D eigenvalue weighted by Gasteiger charge is -2.07. The molecule has 1 aliphatic heterocycles. The van der Waals surface area contributed by atoms with E-state index in [0.29, 0.717) is 0 Å². The first-order chi connectivity index (χ1) is 6.36. The fourth-order valence-corrected chi connectivity index (χ4v) is 4.37. The summed E-state index contributed by atoms with van der Waals surface area (Å²) in [5.74, 6) is 2.63. The zero-order valence-corrected chi connectivity index (χ0v) is 9.68. The number of hydrogen-bond donors (Lipinski definition) is 1. The minimum atomic E-state index is 0.789. The summed E-state index contributed by atoms with van der Waals surface area (Å²) < 4.78 is 3.74. The van der Waals surface area contributed by atoms with Crippen LogP contribution >= 0.6 is 35.7 Å². The van der Waals surface area contributed by atoms with E-state index in [4.69, 9.17) is 12.2 Å². The second kappa shape index (κ2) is 4.57. The van der Waals surface area contributed by atoms with Crippen molar-refractivity contribution in [3.05, 3.63) is 17.2 Å². The molecule has 2 nitrogen and oxygen atoms in total. The van der Waals surface area contributed by atoms with Crippen LogP contribution in [0.15, 0.2) is 12.4 Å². The van der Waals surface area contributed by atoms with Crippen LogP contribution in [0, 0.1) is 4.77 Å². The Hall–Kier alpha value is 0.130. The molecule has 0 amide bonds. The van der Waals surface area contributed by atoms with Crippen LogP contribution in [0.3, 0.4) is 0 Å². The predicted molar refractivity (Wildman–Crippen MR) is 62.9 cm³/mol. The van der Waals surface area contributed by atoms with Gasteiger partial charge in [0.2, 0.25) is 0 Å². The maximum Gasteiger partial charge on any atom is 0.177 e. The number of thioether (sulfide) groups is 2. The van der Waals surface area contributed by atoms with Crippen molar-refractivity contribution in [2.24, 2.45) is 0 Å². The molecule has 1 aromatic heterocycles. The van der Waals surface area contributed by atoms with E-state index in [1.165, 1.54) is 17.9 Å². The number of imidazole rings is 1. The Morgan fingerprint density at radius 2 is 2.31 bits per heavy atom. The largest absolute Gasteiger partial charge is 0.337 e. The molecule has 0 spiro atoms. The topological polar surface area (TPSA) is 20.7 Å². The summed E-state index contributed by atoms with van der Waals surface area (Å²) in [5.41, 5.74) is 0. The zero-order chi connectivity index (χ0) is 9.10. The molecule has 0 bridgehead atoms. The number of aryl methyl sites for hydroxylation is 1. The van der Waals surface area contributed by atoms with Crippen molar-refractivity contribution in [2.75, 3.05) is 11.5 Å². The van der Waals surface area contributed by atoms with Crippen LogP contribution < -0.4 is 0 Å². The molecule has 5 heteroatoms. The minimum absolute atomic E-state index is 0.789. The molecule has 1 fully saturated rings. The number of hydrogen-bond acceptors (Lipinski definition) is 3. The molecule has 2 heterocycles. The molecule has 1 N–H and O–H groups in total. The Labute approximate surface area is 91.5 Å². The Kier molecular flexibility index (Phi) is 3.40. The highest BCUT2D eigenvalue weighted by atomic mass is 32.2. The molecular weight excluding hydrogens is 220 g/mol. The van der Waals surface area contributed by atoms with E-state index in [9.17, 15) is 0 Å². The van der Waals surface area contributed by atoms with Crippen LogP contribution in [0.2, 0.25) is 0 Å². The summed E-state index contributed by atoms with van der Waals surface area (Å²) in [5, 5.41) is 0. The number of nitrogens with one attached hydrogen (secondary N) is 1. The fraction of sp³-hybridized carbons (Fsp3) is 0.625. The normalized spacial score (nSPS) is 18.2. The Morgan fingerprint density at radius 1 is 1.54 bits per heavy atom. The highest BCUT2D eigenvalue weighted by molar-refractivity contribution is 8.20. The SMILES string of the molecule is S=c1[nH]ccn1CCC1SCCS1. The van der Waals surface area contributed by atoms with Gasteiger partial charge < -0.3 is 9.55 Å². The summed E-state index contributed by atoms with van der Waals surface area (Å²) in [7, 11) is 0. The molecule has 1 aromatic rings. The van der Waals surface area contributed by atoms with Gasteiger partial charge in [-0.3, -0.25) is 0 Å². The van der Waals surface area contributed by atoms with Crippen molar-refractivity contribution >= 4 is 35.7 Å². The lowest BCUT2D eigenvalue weighted by atomic mass is 10.5. The number of H-pyrrole nitrogens is 1. The molecular formula is C8H12N2S3. The number of nitrogens with zero attached hydrogens (tertiary/aromatic N) is 1. The summed E-state index contributed by atoms with van der Waals surface area (Å²) >= 11 is 9.27. The van der Waals surface area contributed by atoms with Crippen LogP contribution in [-0.4, -0.2) is 25.6 Å². The fourth-order valence-electron chi connectivity index (χ4n) is 1.34. The average Bonchev–Trinajstić information content (AvgIpc) is 2.72.